The minimum atomic E-state index is -0.678. The Morgan fingerprint density at radius 2 is 2.00 bits per heavy atom. The van der Waals surface area contributed by atoms with E-state index in [0.29, 0.717) is 6.42 Å². The Labute approximate surface area is 166 Å². The molecule has 2 aliphatic rings. The summed E-state index contributed by atoms with van der Waals surface area (Å²) in [7, 11) is 1.38. The highest BCUT2D eigenvalue weighted by Crippen LogP contribution is 2.49. The molecule has 1 amide bonds. The molecule has 3 rings (SSSR count). The highest BCUT2D eigenvalue weighted by molar-refractivity contribution is 5.76. The van der Waals surface area contributed by atoms with Crippen LogP contribution >= 0.6 is 0 Å². The molecule has 2 fully saturated rings. The number of hydrogen-bond acceptors (Lipinski definition) is 6. The third kappa shape index (κ3) is 4.64. The first kappa shape index (κ1) is 20.6. The van der Waals surface area contributed by atoms with E-state index in [1.165, 1.54) is 7.11 Å². The average Bonchev–Trinajstić information content (AvgIpc) is 3.34. The zero-order valence-corrected chi connectivity index (χ0v) is 17.1. The summed E-state index contributed by atoms with van der Waals surface area (Å²) >= 11 is 0. The van der Waals surface area contributed by atoms with E-state index in [1.54, 1.807) is 5.06 Å². The summed E-state index contributed by atoms with van der Waals surface area (Å²) in [6.07, 6.45) is 3.49. The molecule has 1 aliphatic carbocycles. The van der Waals surface area contributed by atoms with E-state index in [9.17, 15) is 9.59 Å². The average molecular weight is 390 g/mol. The number of hydrogen-bond donors (Lipinski definition) is 1. The van der Waals surface area contributed by atoms with Gasteiger partial charge in [-0.15, -0.1) is 5.06 Å². The van der Waals surface area contributed by atoms with Gasteiger partial charge in [-0.2, -0.15) is 0 Å². The standard InChI is InChI=1S/C21H30N2O5/c1-20(2,3)27-19(25)22-17-12-8-9-13-21(17)23(28-21)16(18(24)26-4)14-15-10-6-5-7-11-15/h5-7,10-11,16-17H,8-9,12-14H2,1-4H3,(H,22,25)/t16-,17+,21-,23?/m1/s1. The van der Waals surface area contributed by atoms with Crippen LogP contribution in [0.2, 0.25) is 0 Å². The van der Waals surface area contributed by atoms with Gasteiger partial charge in [-0.1, -0.05) is 36.8 Å². The Kier molecular flexibility index (Phi) is 5.95. The van der Waals surface area contributed by atoms with E-state index in [0.717, 1.165) is 31.2 Å². The Morgan fingerprint density at radius 1 is 1.29 bits per heavy atom. The normalized spacial score (nSPS) is 27.7. The summed E-state index contributed by atoms with van der Waals surface area (Å²) in [6.45, 7) is 5.49. The molecule has 0 bridgehead atoms. The van der Waals surface area contributed by atoms with Crippen molar-refractivity contribution in [1.82, 2.24) is 10.4 Å². The first-order chi connectivity index (χ1) is 13.2. The Bertz CT molecular complexity index is 702. The lowest BCUT2D eigenvalue weighted by Crippen LogP contribution is -2.52. The van der Waals surface area contributed by atoms with Crippen molar-refractivity contribution in [3.05, 3.63) is 35.9 Å². The first-order valence-electron chi connectivity index (χ1n) is 9.85. The van der Waals surface area contributed by atoms with Gasteiger partial charge < -0.3 is 14.8 Å². The van der Waals surface area contributed by atoms with Crippen LogP contribution in [0.15, 0.2) is 30.3 Å². The molecule has 7 heteroatoms. The molecular formula is C21H30N2O5. The highest BCUT2D eigenvalue weighted by atomic mass is 16.9. The Hall–Kier alpha value is -2.12. The second-order valence-electron chi connectivity index (χ2n) is 8.44. The maximum atomic E-state index is 12.5. The predicted octanol–water partition coefficient (Wildman–Crippen LogP) is 3.18. The molecule has 1 heterocycles. The molecule has 0 aromatic heterocycles. The second kappa shape index (κ2) is 8.09. The molecule has 1 aromatic carbocycles. The number of carbonyl (C=O) groups excluding carboxylic acids is 2. The summed E-state index contributed by atoms with van der Waals surface area (Å²) in [5, 5.41) is 4.67. The molecule has 154 valence electrons. The largest absolute Gasteiger partial charge is 0.468 e. The summed E-state index contributed by atoms with van der Waals surface area (Å²) < 4.78 is 10.4. The molecular weight excluding hydrogens is 360 g/mol. The van der Waals surface area contributed by atoms with Gasteiger partial charge in [0, 0.05) is 6.42 Å². The van der Waals surface area contributed by atoms with Gasteiger partial charge in [-0.05, 0) is 45.6 Å². The summed E-state index contributed by atoms with van der Waals surface area (Å²) in [4.78, 5) is 30.8. The third-order valence-electron chi connectivity index (χ3n) is 5.14. The van der Waals surface area contributed by atoms with E-state index in [-0.39, 0.29) is 12.0 Å². The smallest absolute Gasteiger partial charge is 0.408 e. The lowest BCUT2D eigenvalue weighted by atomic mass is 9.87. The van der Waals surface area contributed by atoms with E-state index in [1.807, 2.05) is 51.1 Å². The van der Waals surface area contributed by atoms with Crippen molar-refractivity contribution in [3.8, 4) is 0 Å². The topological polar surface area (TPSA) is 80.2 Å². The van der Waals surface area contributed by atoms with Gasteiger partial charge in [0.05, 0.1) is 13.2 Å². The summed E-state index contributed by atoms with van der Waals surface area (Å²) in [5.41, 5.74) is -0.225. The fourth-order valence-corrected chi connectivity index (χ4v) is 3.85. The fraction of sp³-hybridized carbons (Fsp3) is 0.619. The first-order valence-corrected chi connectivity index (χ1v) is 9.85. The van der Waals surface area contributed by atoms with Crippen LogP contribution in [-0.2, 0) is 25.5 Å². The number of carbonyl (C=O) groups is 2. The third-order valence-corrected chi connectivity index (χ3v) is 5.14. The Balaban J connectivity index is 1.74. The minimum absolute atomic E-state index is 0.237. The van der Waals surface area contributed by atoms with Gasteiger partial charge in [0.25, 0.3) is 0 Å². The van der Waals surface area contributed by atoms with Crippen LogP contribution in [0.25, 0.3) is 0 Å². The Morgan fingerprint density at radius 3 is 2.64 bits per heavy atom. The van der Waals surface area contributed by atoms with Crippen LogP contribution in [-0.4, -0.2) is 47.6 Å². The van der Waals surface area contributed by atoms with Gasteiger partial charge in [0.15, 0.2) is 5.72 Å². The molecule has 1 spiro atoms. The van der Waals surface area contributed by atoms with Crippen LogP contribution in [0.5, 0.6) is 0 Å². The van der Waals surface area contributed by atoms with Crippen LogP contribution in [0.3, 0.4) is 0 Å². The molecule has 1 unspecified atom stereocenters. The second-order valence-corrected chi connectivity index (χ2v) is 8.44. The lowest BCUT2D eigenvalue weighted by molar-refractivity contribution is -0.147. The van der Waals surface area contributed by atoms with E-state index in [4.69, 9.17) is 14.3 Å². The van der Waals surface area contributed by atoms with Crippen LogP contribution < -0.4 is 5.32 Å². The number of esters is 1. The summed E-state index contributed by atoms with van der Waals surface area (Å²) in [6, 6.07) is 8.97. The van der Waals surface area contributed by atoms with Gasteiger partial charge in [0.1, 0.15) is 11.6 Å². The quantitative estimate of drug-likeness (QED) is 0.614. The van der Waals surface area contributed by atoms with Crippen molar-refractivity contribution < 1.29 is 23.9 Å². The fourth-order valence-electron chi connectivity index (χ4n) is 3.85. The van der Waals surface area contributed by atoms with E-state index >= 15 is 0 Å². The van der Waals surface area contributed by atoms with Crippen LogP contribution in [0.4, 0.5) is 4.79 Å². The molecule has 1 aromatic rings. The number of rotatable bonds is 5. The lowest BCUT2D eigenvalue weighted by Gasteiger charge is -2.31. The van der Waals surface area contributed by atoms with Gasteiger partial charge >= 0.3 is 12.1 Å². The minimum Gasteiger partial charge on any atom is -0.468 e. The number of nitrogens with one attached hydrogen (secondary N) is 1. The van der Waals surface area contributed by atoms with Crippen molar-refractivity contribution in [2.45, 2.75) is 76.3 Å². The van der Waals surface area contributed by atoms with Gasteiger partial charge in [-0.3, -0.25) is 9.63 Å². The van der Waals surface area contributed by atoms with Crippen molar-refractivity contribution in [1.29, 1.82) is 0 Å². The number of ether oxygens (including phenoxy) is 2. The van der Waals surface area contributed by atoms with E-state index in [2.05, 4.69) is 5.32 Å². The molecule has 4 atom stereocenters. The van der Waals surface area contributed by atoms with Crippen molar-refractivity contribution in [3.63, 3.8) is 0 Å². The monoisotopic (exact) mass is 390 g/mol. The number of methoxy groups -OCH3 is 1. The molecule has 1 aliphatic heterocycles. The molecule has 1 saturated heterocycles. The molecule has 7 nitrogen and oxygen atoms in total. The summed E-state index contributed by atoms with van der Waals surface area (Å²) in [5.74, 6) is -0.345. The molecule has 1 saturated carbocycles. The number of nitrogens with zero attached hydrogens (tertiary/aromatic N) is 1. The van der Waals surface area contributed by atoms with Crippen molar-refractivity contribution in [2.24, 2.45) is 0 Å². The molecule has 0 radical (unpaired) electrons. The zero-order chi connectivity index (χ0) is 20.4. The number of benzene rings is 1. The van der Waals surface area contributed by atoms with Gasteiger partial charge in [0.2, 0.25) is 0 Å². The van der Waals surface area contributed by atoms with Crippen molar-refractivity contribution in [2.75, 3.05) is 7.11 Å². The molecule has 1 N–H and O–H groups in total. The number of alkyl carbamates (subject to hydrolysis) is 1. The zero-order valence-electron chi connectivity index (χ0n) is 17.1. The predicted molar refractivity (Wildman–Crippen MR) is 103 cm³/mol. The number of amides is 1. The van der Waals surface area contributed by atoms with Crippen molar-refractivity contribution >= 4 is 12.1 Å². The SMILES string of the molecule is COC(=O)[C@@H](Cc1ccccc1)N1O[C@@]12CCCC[C@@H]2NC(=O)OC(C)(C)C. The maximum absolute atomic E-state index is 12.5. The van der Waals surface area contributed by atoms with E-state index < -0.39 is 23.5 Å². The van der Waals surface area contributed by atoms with Gasteiger partial charge in [-0.25, -0.2) is 4.79 Å². The number of hydroxylamine groups is 2. The van der Waals surface area contributed by atoms with Crippen LogP contribution in [0.1, 0.15) is 52.0 Å². The maximum Gasteiger partial charge on any atom is 0.408 e. The highest BCUT2D eigenvalue weighted by Gasteiger charge is 2.65. The van der Waals surface area contributed by atoms with Crippen LogP contribution in [0, 0.1) is 0 Å². The molecule has 28 heavy (non-hydrogen) atoms.